The van der Waals surface area contributed by atoms with Crippen molar-refractivity contribution in [3.05, 3.63) is 65.2 Å². The lowest BCUT2D eigenvalue weighted by molar-refractivity contribution is -0.123. The van der Waals surface area contributed by atoms with E-state index in [9.17, 15) is 9.59 Å². The molecule has 25 heavy (non-hydrogen) atoms. The van der Waals surface area contributed by atoms with Crippen LogP contribution in [0.5, 0.6) is 0 Å². The van der Waals surface area contributed by atoms with E-state index in [-0.39, 0.29) is 18.4 Å². The Balaban J connectivity index is 1.87. The fourth-order valence-corrected chi connectivity index (χ4v) is 2.84. The van der Waals surface area contributed by atoms with Crippen LogP contribution in [0.4, 0.5) is 5.69 Å². The van der Waals surface area contributed by atoms with Gasteiger partial charge in [0.1, 0.15) is 6.54 Å². The van der Waals surface area contributed by atoms with Crippen LogP contribution < -0.4 is 10.2 Å². The van der Waals surface area contributed by atoms with E-state index in [4.69, 9.17) is 0 Å². The van der Waals surface area contributed by atoms with Crippen LogP contribution in [0.15, 0.2) is 48.5 Å². The minimum atomic E-state index is -0.136. The molecular formula is C21H26N2O2. The number of carbonyl (C=O) groups is 2. The molecule has 0 heterocycles. The predicted octanol–water partition coefficient (Wildman–Crippen LogP) is 3.41. The Hall–Kier alpha value is -2.62. The largest absolute Gasteiger partial charge is 0.355 e. The molecule has 0 aliphatic rings. The Labute approximate surface area is 149 Å². The third kappa shape index (κ3) is 5.75. The Kier molecular flexibility index (Phi) is 6.75. The molecule has 2 aromatic rings. The van der Waals surface area contributed by atoms with Crippen molar-refractivity contribution in [2.75, 3.05) is 18.0 Å². The third-order valence-electron chi connectivity index (χ3n) is 4.13. The first-order chi connectivity index (χ1) is 12.0. The van der Waals surface area contributed by atoms with Crippen molar-refractivity contribution in [2.45, 2.75) is 33.6 Å². The number of rotatable bonds is 7. The second kappa shape index (κ2) is 9.02. The highest BCUT2D eigenvalue weighted by molar-refractivity contribution is 5.98. The van der Waals surface area contributed by atoms with Gasteiger partial charge in [0.15, 0.2) is 0 Å². The molecule has 4 heteroatoms. The molecular weight excluding hydrogens is 312 g/mol. The van der Waals surface area contributed by atoms with Gasteiger partial charge in [-0.1, -0.05) is 48.0 Å². The summed E-state index contributed by atoms with van der Waals surface area (Å²) in [6.45, 7) is 6.10. The number of hydrogen-bond acceptors (Lipinski definition) is 2. The molecule has 0 saturated carbocycles. The molecule has 2 rings (SSSR count). The third-order valence-corrected chi connectivity index (χ3v) is 4.13. The van der Waals surface area contributed by atoms with Crippen LogP contribution in [-0.2, 0) is 16.0 Å². The van der Waals surface area contributed by atoms with Crippen LogP contribution in [0.2, 0.25) is 0 Å². The van der Waals surface area contributed by atoms with Crippen LogP contribution >= 0.6 is 0 Å². The maximum absolute atomic E-state index is 12.2. The summed E-state index contributed by atoms with van der Waals surface area (Å²) in [7, 11) is 0. The molecule has 1 N–H and O–H groups in total. The van der Waals surface area contributed by atoms with Crippen LogP contribution in [-0.4, -0.2) is 24.9 Å². The van der Waals surface area contributed by atoms with Crippen LogP contribution in [0.1, 0.15) is 30.0 Å². The maximum atomic E-state index is 12.2. The first kappa shape index (κ1) is 18.7. The molecule has 0 unspecified atom stereocenters. The van der Waals surface area contributed by atoms with Gasteiger partial charge in [-0.05, 0) is 43.9 Å². The molecule has 0 aromatic heterocycles. The van der Waals surface area contributed by atoms with Gasteiger partial charge in [-0.2, -0.15) is 0 Å². The van der Waals surface area contributed by atoms with Crippen molar-refractivity contribution in [3.8, 4) is 0 Å². The van der Waals surface area contributed by atoms with Crippen molar-refractivity contribution in [2.24, 2.45) is 0 Å². The lowest BCUT2D eigenvalue weighted by Crippen LogP contribution is -2.40. The maximum Gasteiger partial charge on any atom is 0.240 e. The van der Waals surface area contributed by atoms with Gasteiger partial charge in [0, 0.05) is 19.2 Å². The molecule has 0 aliphatic carbocycles. The van der Waals surface area contributed by atoms with Crippen LogP contribution in [0, 0.1) is 13.8 Å². The Bertz CT molecular complexity index is 726. The number of aryl methyl sites for hydroxylation is 3. The Morgan fingerprint density at radius 3 is 2.40 bits per heavy atom. The van der Waals surface area contributed by atoms with Gasteiger partial charge in [-0.3, -0.25) is 9.59 Å². The minimum absolute atomic E-state index is 0.0462. The molecule has 0 atom stereocenters. The number of carbonyl (C=O) groups excluding carboxylic acids is 2. The van der Waals surface area contributed by atoms with Crippen LogP contribution in [0.3, 0.4) is 0 Å². The van der Waals surface area contributed by atoms with Crippen molar-refractivity contribution < 1.29 is 9.59 Å². The number of nitrogens with zero attached hydrogens (tertiary/aromatic N) is 1. The molecule has 132 valence electrons. The van der Waals surface area contributed by atoms with Gasteiger partial charge in [-0.15, -0.1) is 0 Å². The van der Waals surface area contributed by atoms with Crippen molar-refractivity contribution in [1.29, 1.82) is 0 Å². The molecule has 2 amide bonds. The molecule has 2 aromatic carbocycles. The van der Waals surface area contributed by atoms with Crippen molar-refractivity contribution >= 4 is 17.5 Å². The van der Waals surface area contributed by atoms with E-state index in [0.29, 0.717) is 6.54 Å². The van der Waals surface area contributed by atoms with E-state index in [0.717, 1.165) is 29.7 Å². The smallest absolute Gasteiger partial charge is 0.240 e. The molecule has 0 saturated heterocycles. The molecule has 0 radical (unpaired) electrons. The zero-order valence-electron chi connectivity index (χ0n) is 15.2. The van der Waals surface area contributed by atoms with Gasteiger partial charge in [0.05, 0.1) is 0 Å². The van der Waals surface area contributed by atoms with E-state index in [2.05, 4.69) is 17.4 Å². The summed E-state index contributed by atoms with van der Waals surface area (Å²) >= 11 is 0. The number of anilines is 1. The standard InChI is InChI=1S/C21H26N2O2/c1-16-11-12-20(17(2)14-16)23(18(3)24)15-21(25)22-13-7-10-19-8-5-4-6-9-19/h4-6,8-9,11-12,14H,7,10,13,15H2,1-3H3,(H,22,25). The highest BCUT2D eigenvalue weighted by atomic mass is 16.2. The quantitative estimate of drug-likeness (QED) is 0.787. The normalized spacial score (nSPS) is 10.4. The number of benzene rings is 2. The SMILES string of the molecule is CC(=O)N(CC(=O)NCCCc1ccccc1)c1ccc(C)cc1C. The van der Waals surface area contributed by atoms with E-state index >= 15 is 0 Å². The number of amides is 2. The molecule has 0 fully saturated rings. The summed E-state index contributed by atoms with van der Waals surface area (Å²) in [5, 5.41) is 2.91. The topological polar surface area (TPSA) is 49.4 Å². The molecule has 0 bridgehead atoms. The second-order valence-electron chi connectivity index (χ2n) is 6.33. The molecule has 0 aliphatic heterocycles. The molecule has 4 nitrogen and oxygen atoms in total. The zero-order valence-corrected chi connectivity index (χ0v) is 15.2. The number of nitrogens with one attached hydrogen (secondary N) is 1. The van der Waals surface area contributed by atoms with E-state index in [1.165, 1.54) is 17.4 Å². The van der Waals surface area contributed by atoms with Crippen molar-refractivity contribution in [3.63, 3.8) is 0 Å². The van der Waals surface area contributed by atoms with Gasteiger partial charge in [0.2, 0.25) is 11.8 Å². The highest BCUT2D eigenvalue weighted by Crippen LogP contribution is 2.21. The van der Waals surface area contributed by atoms with Crippen molar-refractivity contribution in [1.82, 2.24) is 5.32 Å². The summed E-state index contributed by atoms with van der Waals surface area (Å²) in [6.07, 6.45) is 1.80. The van der Waals surface area contributed by atoms with Gasteiger partial charge in [-0.25, -0.2) is 0 Å². The van der Waals surface area contributed by atoms with Gasteiger partial charge < -0.3 is 10.2 Å². The minimum Gasteiger partial charge on any atom is -0.355 e. The number of hydrogen-bond donors (Lipinski definition) is 1. The summed E-state index contributed by atoms with van der Waals surface area (Å²) < 4.78 is 0. The average Bonchev–Trinajstić information content (AvgIpc) is 2.58. The first-order valence-electron chi connectivity index (χ1n) is 8.63. The van der Waals surface area contributed by atoms with Gasteiger partial charge in [0.25, 0.3) is 0 Å². The predicted molar refractivity (Wildman–Crippen MR) is 102 cm³/mol. The van der Waals surface area contributed by atoms with Crippen LogP contribution in [0.25, 0.3) is 0 Å². The lowest BCUT2D eigenvalue weighted by Gasteiger charge is -2.23. The lowest BCUT2D eigenvalue weighted by atomic mass is 10.1. The summed E-state index contributed by atoms with van der Waals surface area (Å²) in [4.78, 5) is 25.7. The fraction of sp³-hybridized carbons (Fsp3) is 0.333. The Morgan fingerprint density at radius 2 is 1.76 bits per heavy atom. The Morgan fingerprint density at radius 1 is 1.04 bits per heavy atom. The van der Waals surface area contributed by atoms with E-state index in [1.54, 1.807) is 0 Å². The average molecular weight is 338 g/mol. The second-order valence-corrected chi connectivity index (χ2v) is 6.33. The first-order valence-corrected chi connectivity index (χ1v) is 8.63. The van der Waals surface area contributed by atoms with Gasteiger partial charge >= 0.3 is 0 Å². The zero-order chi connectivity index (χ0) is 18.2. The summed E-state index contributed by atoms with van der Waals surface area (Å²) in [5.41, 5.74) is 4.18. The fourth-order valence-electron chi connectivity index (χ4n) is 2.84. The van der Waals surface area contributed by atoms with E-state index < -0.39 is 0 Å². The van der Waals surface area contributed by atoms with E-state index in [1.807, 2.05) is 50.2 Å². The monoisotopic (exact) mass is 338 g/mol. The molecule has 0 spiro atoms. The summed E-state index contributed by atoms with van der Waals surface area (Å²) in [6, 6.07) is 16.1. The summed E-state index contributed by atoms with van der Waals surface area (Å²) in [5.74, 6) is -0.269. The highest BCUT2D eigenvalue weighted by Gasteiger charge is 2.17.